The Bertz CT molecular complexity index is 810. The Labute approximate surface area is 173 Å². The van der Waals surface area contributed by atoms with Gasteiger partial charge in [0.25, 0.3) is 0 Å². The zero-order valence-corrected chi connectivity index (χ0v) is 17.5. The van der Waals surface area contributed by atoms with Gasteiger partial charge in [-0.1, -0.05) is 12.5 Å². The molecule has 158 valence electrons. The minimum absolute atomic E-state index is 0.0843. The highest BCUT2D eigenvalue weighted by Gasteiger charge is 2.77. The van der Waals surface area contributed by atoms with Crippen LogP contribution in [0.25, 0.3) is 0 Å². The van der Waals surface area contributed by atoms with Crippen LogP contribution in [0.1, 0.15) is 77.6 Å². The number of aliphatic carboxylic acids is 1. The minimum Gasteiger partial charge on any atom is -0.481 e. The van der Waals surface area contributed by atoms with E-state index < -0.39 is 11.6 Å². The van der Waals surface area contributed by atoms with Crippen LogP contribution >= 0.6 is 0 Å². The third-order valence-corrected chi connectivity index (χ3v) is 10.7. The van der Waals surface area contributed by atoms with E-state index in [9.17, 15) is 19.8 Å². The molecule has 5 fully saturated rings. The average molecular weight is 399 g/mol. The number of carboxylic acid groups (broad SMARTS) is 1. The maximum absolute atomic E-state index is 12.2. The van der Waals surface area contributed by atoms with E-state index in [1.54, 1.807) is 0 Å². The standard InChI is InChI=1S/C25H34O4/c1-2-24-7-5-15-16-4-3-14(26)11-19(16)23(9-10-23)13-18(15)22(24)17-12-20(17)25(24,29)8-6-21(27)28/h11,15-18,20,22,29H,2-10,12-13H2,1H3,(H,27,28)/t15-,16-,17+,18-,20-,22+,24+,25+/m1/s1. The summed E-state index contributed by atoms with van der Waals surface area (Å²) < 4.78 is 0. The normalized spacial score (nSPS) is 50.8. The number of fused-ring (bicyclic) bond motifs is 8. The number of carboxylic acids is 1. The van der Waals surface area contributed by atoms with Gasteiger partial charge in [-0.15, -0.1) is 0 Å². The van der Waals surface area contributed by atoms with E-state index >= 15 is 0 Å². The van der Waals surface area contributed by atoms with Gasteiger partial charge < -0.3 is 10.2 Å². The third kappa shape index (κ3) is 2.25. The fourth-order valence-corrected chi connectivity index (χ4v) is 9.48. The minimum atomic E-state index is -0.782. The molecule has 0 aromatic carbocycles. The molecule has 5 saturated carbocycles. The summed E-state index contributed by atoms with van der Waals surface area (Å²) in [5.41, 5.74) is 0.935. The van der Waals surface area contributed by atoms with Gasteiger partial charge in [0.1, 0.15) is 0 Å². The van der Waals surface area contributed by atoms with Crippen LogP contribution in [-0.4, -0.2) is 27.6 Å². The fourth-order valence-electron chi connectivity index (χ4n) is 9.48. The summed E-state index contributed by atoms with van der Waals surface area (Å²) in [6.45, 7) is 2.24. The second-order valence-corrected chi connectivity index (χ2v) is 11.4. The molecule has 6 rings (SSSR count). The van der Waals surface area contributed by atoms with Crippen LogP contribution in [0.5, 0.6) is 0 Å². The van der Waals surface area contributed by atoms with E-state index in [4.69, 9.17) is 0 Å². The number of hydrogen-bond acceptors (Lipinski definition) is 3. The summed E-state index contributed by atoms with van der Waals surface area (Å²) >= 11 is 0. The van der Waals surface area contributed by atoms with Crippen molar-refractivity contribution in [2.24, 2.45) is 46.3 Å². The summed E-state index contributed by atoms with van der Waals surface area (Å²) in [7, 11) is 0. The molecule has 0 aromatic heterocycles. The molecule has 0 saturated heterocycles. The van der Waals surface area contributed by atoms with E-state index in [2.05, 4.69) is 6.92 Å². The molecule has 6 aliphatic carbocycles. The summed E-state index contributed by atoms with van der Waals surface area (Å²) in [5.74, 6) is 2.98. The first-order valence-electron chi connectivity index (χ1n) is 12.0. The number of ketones is 1. The highest BCUT2D eigenvalue weighted by molar-refractivity contribution is 5.91. The SMILES string of the molecule is CC[C@]12CC[C@H]3[C@@H](CC4(CC4)C4=CC(=O)CC[C@@H]43)[C@@H]1[C@H]1C[C@H]1[C@@]2(O)CCC(=O)O. The smallest absolute Gasteiger partial charge is 0.303 e. The largest absolute Gasteiger partial charge is 0.481 e. The highest BCUT2D eigenvalue weighted by Crippen LogP contribution is 2.79. The number of carbonyl (C=O) groups excluding carboxylic acids is 1. The Morgan fingerprint density at radius 3 is 2.66 bits per heavy atom. The molecule has 8 atom stereocenters. The quantitative estimate of drug-likeness (QED) is 0.738. The molecule has 0 radical (unpaired) electrons. The third-order valence-electron chi connectivity index (χ3n) is 10.7. The van der Waals surface area contributed by atoms with E-state index in [1.165, 1.54) is 24.8 Å². The summed E-state index contributed by atoms with van der Waals surface area (Å²) in [6, 6.07) is 0. The predicted molar refractivity (Wildman–Crippen MR) is 108 cm³/mol. The molecule has 6 aliphatic rings. The number of allylic oxidation sites excluding steroid dienone is 1. The lowest BCUT2D eigenvalue weighted by atomic mass is 9.46. The van der Waals surface area contributed by atoms with Gasteiger partial charge in [0.15, 0.2) is 5.78 Å². The van der Waals surface area contributed by atoms with Gasteiger partial charge in [0.2, 0.25) is 0 Å². The first-order valence-corrected chi connectivity index (χ1v) is 12.0. The van der Waals surface area contributed by atoms with Crippen molar-refractivity contribution in [2.45, 2.75) is 83.2 Å². The number of carbonyl (C=O) groups is 2. The van der Waals surface area contributed by atoms with Gasteiger partial charge in [-0.2, -0.15) is 0 Å². The molecule has 4 heteroatoms. The van der Waals surface area contributed by atoms with Gasteiger partial charge in [-0.25, -0.2) is 0 Å². The molecular weight excluding hydrogens is 364 g/mol. The van der Waals surface area contributed by atoms with E-state index in [1.807, 2.05) is 6.08 Å². The van der Waals surface area contributed by atoms with Crippen molar-refractivity contribution in [1.82, 2.24) is 0 Å². The molecule has 2 N–H and O–H groups in total. The molecule has 0 bridgehead atoms. The fraction of sp³-hybridized carbons (Fsp3) is 0.840. The predicted octanol–water partition coefficient (Wildman–Crippen LogP) is 4.36. The lowest BCUT2D eigenvalue weighted by molar-refractivity contribution is -0.164. The van der Waals surface area contributed by atoms with Crippen molar-refractivity contribution in [1.29, 1.82) is 0 Å². The van der Waals surface area contributed by atoms with E-state index in [0.717, 1.165) is 32.1 Å². The number of rotatable bonds is 4. The maximum Gasteiger partial charge on any atom is 0.303 e. The van der Waals surface area contributed by atoms with Gasteiger partial charge in [-0.3, -0.25) is 9.59 Å². The van der Waals surface area contributed by atoms with Crippen LogP contribution in [0.2, 0.25) is 0 Å². The topological polar surface area (TPSA) is 74.6 Å². The summed E-state index contributed by atoms with van der Waals surface area (Å²) in [5, 5.41) is 21.3. The van der Waals surface area contributed by atoms with Crippen LogP contribution < -0.4 is 0 Å². The Hall–Kier alpha value is -1.16. The van der Waals surface area contributed by atoms with Gasteiger partial charge in [0.05, 0.1) is 5.60 Å². The zero-order valence-electron chi connectivity index (χ0n) is 17.5. The molecule has 0 aromatic rings. The molecule has 29 heavy (non-hydrogen) atoms. The van der Waals surface area contributed by atoms with Gasteiger partial charge in [-0.05, 0) is 105 Å². The molecule has 4 nitrogen and oxygen atoms in total. The Balaban J connectivity index is 1.38. The lowest BCUT2D eigenvalue weighted by Crippen LogP contribution is -2.57. The van der Waals surface area contributed by atoms with Crippen molar-refractivity contribution in [3.63, 3.8) is 0 Å². The summed E-state index contributed by atoms with van der Waals surface area (Å²) in [4.78, 5) is 23.5. The van der Waals surface area contributed by atoms with Gasteiger partial charge >= 0.3 is 5.97 Å². The number of hydrogen-bond donors (Lipinski definition) is 2. The molecule has 0 heterocycles. The Morgan fingerprint density at radius 2 is 1.97 bits per heavy atom. The second-order valence-electron chi connectivity index (χ2n) is 11.4. The molecular formula is C25H34O4. The van der Waals surface area contributed by atoms with Crippen LogP contribution in [0.3, 0.4) is 0 Å². The van der Waals surface area contributed by atoms with Crippen LogP contribution in [0.4, 0.5) is 0 Å². The maximum atomic E-state index is 12.2. The second kappa shape index (κ2) is 5.75. The summed E-state index contributed by atoms with van der Waals surface area (Å²) in [6.07, 6.45) is 12.3. The van der Waals surface area contributed by atoms with Crippen molar-refractivity contribution >= 4 is 11.8 Å². The first kappa shape index (κ1) is 18.6. The lowest BCUT2D eigenvalue weighted by Gasteiger charge is -2.60. The molecule has 0 unspecified atom stereocenters. The van der Waals surface area contributed by atoms with Crippen molar-refractivity contribution in [3.8, 4) is 0 Å². The Morgan fingerprint density at radius 1 is 1.17 bits per heavy atom. The monoisotopic (exact) mass is 398 g/mol. The van der Waals surface area contributed by atoms with Crippen molar-refractivity contribution < 1.29 is 19.8 Å². The van der Waals surface area contributed by atoms with Gasteiger partial charge in [0, 0.05) is 18.3 Å². The van der Waals surface area contributed by atoms with Crippen molar-refractivity contribution in [3.05, 3.63) is 11.6 Å². The number of aliphatic hydroxyl groups is 1. The van der Waals surface area contributed by atoms with Crippen LogP contribution in [0.15, 0.2) is 11.6 Å². The molecule has 0 aliphatic heterocycles. The zero-order chi connectivity index (χ0) is 20.2. The van der Waals surface area contributed by atoms with Crippen LogP contribution in [0, 0.1) is 46.3 Å². The highest BCUT2D eigenvalue weighted by atomic mass is 16.4. The first-order chi connectivity index (χ1) is 13.9. The Kier molecular flexibility index (Phi) is 3.69. The van der Waals surface area contributed by atoms with E-state index in [0.29, 0.717) is 59.5 Å². The average Bonchev–Trinajstić information content (AvgIpc) is 3.61. The molecule has 1 spiro atoms. The molecule has 0 amide bonds. The van der Waals surface area contributed by atoms with Crippen LogP contribution in [-0.2, 0) is 9.59 Å². The van der Waals surface area contributed by atoms with Crippen molar-refractivity contribution in [2.75, 3.05) is 0 Å². The van der Waals surface area contributed by atoms with E-state index in [-0.39, 0.29) is 11.8 Å².